The van der Waals surface area contributed by atoms with Gasteiger partial charge in [-0.1, -0.05) is 30.3 Å². The first-order valence-electron chi connectivity index (χ1n) is 7.09. The highest BCUT2D eigenvalue weighted by atomic mass is 32.2. The van der Waals surface area contributed by atoms with E-state index in [1.165, 1.54) is 6.26 Å². The molecule has 1 atom stereocenters. The van der Waals surface area contributed by atoms with Gasteiger partial charge in [0, 0.05) is 19.0 Å². The van der Waals surface area contributed by atoms with Gasteiger partial charge in [0.25, 0.3) is 0 Å². The number of aromatic amines is 1. The van der Waals surface area contributed by atoms with Gasteiger partial charge in [-0.2, -0.15) is 0 Å². The summed E-state index contributed by atoms with van der Waals surface area (Å²) in [5.74, 6) is 1.02. The van der Waals surface area contributed by atoms with Gasteiger partial charge in [-0.15, -0.1) is 0 Å². The fraction of sp³-hybridized carbons (Fsp3) is 0.400. The lowest BCUT2D eigenvalue weighted by Crippen LogP contribution is -2.38. The van der Waals surface area contributed by atoms with E-state index in [2.05, 4.69) is 9.97 Å². The Morgan fingerprint density at radius 3 is 2.76 bits per heavy atom. The number of benzene rings is 1. The van der Waals surface area contributed by atoms with E-state index in [1.54, 1.807) is 4.31 Å². The largest absolute Gasteiger partial charge is 0.342 e. The quantitative estimate of drug-likeness (QED) is 0.945. The molecule has 0 spiro atoms. The van der Waals surface area contributed by atoms with Gasteiger partial charge >= 0.3 is 0 Å². The Balaban J connectivity index is 1.80. The lowest BCUT2D eigenvalue weighted by atomic mass is 9.99. The minimum absolute atomic E-state index is 0.144. The van der Waals surface area contributed by atoms with E-state index in [0.717, 1.165) is 29.9 Å². The molecule has 6 heteroatoms. The molecule has 1 aliphatic heterocycles. The number of piperidine rings is 1. The molecule has 3 rings (SSSR count). The SMILES string of the molecule is CS(=O)(=O)N1CCC[C@@H](c2ncc(-c3ccccc3)[nH]2)C1. The summed E-state index contributed by atoms with van der Waals surface area (Å²) in [4.78, 5) is 7.79. The molecular weight excluding hydrogens is 286 g/mol. The summed E-state index contributed by atoms with van der Waals surface area (Å²) in [6, 6.07) is 10.0. The second-order valence-corrected chi connectivity index (χ2v) is 7.49. The smallest absolute Gasteiger partial charge is 0.211 e. The van der Waals surface area contributed by atoms with E-state index in [1.807, 2.05) is 36.5 Å². The molecule has 0 amide bonds. The van der Waals surface area contributed by atoms with Crippen LogP contribution in [-0.2, 0) is 10.0 Å². The highest BCUT2D eigenvalue weighted by molar-refractivity contribution is 7.88. The number of nitrogens with one attached hydrogen (secondary N) is 1. The van der Waals surface area contributed by atoms with Crippen LogP contribution in [0.15, 0.2) is 36.5 Å². The van der Waals surface area contributed by atoms with E-state index in [9.17, 15) is 8.42 Å². The van der Waals surface area contributed by atoms with Crippen LogP contribution >= 0.6 is 0 Å². The molecule has 2 aromatic rings. The molecule has 2 heterocycles. The van der Waals surface area contributed by atoms with Crippen LogP contribution < -0.4 is 0 Å². The molecule has 0 unspecified atom stereocenters. The maximum absolute atomic E-state index is 11.7. The van der Waals surface area contributed by atoms with Crippen molar-refractivity contribution in [2.24, 2.45) is 0 Å². The first kappa shape index (κ1) is 14.3. The molecule has 1 N–H and O–H groups in total. The Morgan fingerprint density at radius 1 is 1.29 bits per heavy atom. The predicted molar refractivity (Wildman–Crippen MR) is 82.4 cm³/mol. The molecule has 1 aromatic carbocycles. The Bertz CT molecular complexity index is 710. The third-order valence-electron chi connectivity index (χ3n) is 3.92. The third kappa shape index (κ3) is 3.16. The van der Waals surface area contributed by atoms with E-state index >= 15 is 0 Å². The van der Waals surface area contributed by atoms with Crippen LogP contribution in [0.5, 0.6) is 0 Å². The lowest BCUT2D eigenvalue weighted by Gasteiger charge is -2.29. The monoisotopic (exact) mass is 305 g/mol. The summed E-state index contributed by atoms with van der Waals surface area (Å²) in [7, 11) is -3.12. The molecule has 1 saturated heterocycles. The number of nitrogens with zero attached hydrogens (tertiary/aromatic N) is 2. The van der Waals surface area contributed by atoms with Gasteiger partial charge in [0.2, 0.25) is 10.0 Å². The van der Waals surface area contributed by atoms with Crippen molar-refractivity contribution in [3.63, 3.8) is 0 Å². The second kappa shape index (κ2) is 5.61. The van der Waals surface area contributed by atoms with Crippen molar-refractivity contribution in [2.75, 3.05) is 19.3 Å². The number of hydrogen-bond donors (Lipinski definition) is 1. The topological polar surface area (TPSA) is 66.1 Å². The van der Waals surface area contributed by atoms with Crippen LogP contribution in [0, 0.1) is 0 Å². The van der Waals surface area contributed by atoms with Crippen LogP contribution in [-0.4, -0.2) is 42.0 Å². The maximum atomic E-state index is 11.7. The Hall–Kier alpha value is -1.66. The van der Waals surface area contributed by atoms with Crippen molar-refractivity contribution in [2.45, 2.75) is 18.8 Å². The predicted octanol–water partition coefficient (Wildman–Crippen LogP) is 2.22. The molecular formula is C15H19N3O2S. The van der Waals surface area contributed by atoms with Crippen molar-refractivity contribution >= 4 is 10.0 Å². The molecule has 112 valence electrons. The van der Waals surface area contributed by atoms with Crippen molar-refractivity contribution in [1.29, 1.82) is 0 Å². The van der Waals surface area contributed by atoms with E-state index in [0.29, 0.717) is 13.1 Å². The van der Waals surface area contributed by atoms with E-state index in [4.69, 9.17) is 0 Å². The molecule has 0 saturated carbocycles. The summed E-state index contributed by atoms with van der Waals surface area (Å²) in [6.45, 7) is 1.13. The van der Waals surface area contributed by atoms with Gasteiger partial charge < -0.3 is 4.98 Å². The number of rotatable bonds is 3. The third-order valence-corrected chi connectivity index (χ3v) is 5.19. The van der Waals surface area contributed by atoms with Crippen LogP contribution in [0.1, 0.15) is 24.6 Å². The van der Waals surface area contributed by atoms with Crippen LogP contribution in [0.2, 0.25) is 0 Å². The number of imidazole rings is 1. The minimum Gasteiger partial charge on any atom is -0.342 e. The number of sulfonamides is 1. The fourth-order valence-corrected chi connectivity index (χ4v) is 3.69. The molecule has 0 radical (unpaired) electrons. The van der Waals surface area contributed by atoms with E-state index < -0.39 is 10.0 Å². The summed E-state index contributed by atoms with van der Waals surface area (Å²) in [5.41, 5.74) is 2.06. The fourth-order valence-electron chi connectivity index (χ4n) is 2.78. The Morgan fingerprint density at radius 2 is 2.05 bits per heavy atom. The number of hydrogen-bond acceptors (Lipinski definition) is 3. The average molecular weight is 305 g/mol. The standard InChI is InChI=1S/C15H19N3O2S/c1-21(19,20)18-9-5-8-13(11-18)15-16-10-14(17-15)12-6-3-2-4-7-12/h2-4,6-7,10,13H,5,8-9,11H2,1H3,(H,16,17)/t13-/m1/s1. The molecule has 0 aliphatic carbocycles. The number of H-pyrrole nitrogens is 1. The number of aromatic nitrogens is 2. The summed E-state index contributed by atoms with van der Waals surface area (Å²) in [6.07, 6.45) is 4.93. The van der Waals surface area contributed by atoms with Gasteiger partial charge in [0.15, 0.2) is 0 Å². The Labute approximate surface area is 125 Å². The van der Waals surface area contributed by atoms with Gasteiger partial charge in [0.05, 0.1) is 18.1 Å². The molecule has 5 nitrogen and oxygen atoms in total. The van der Waals surface area contributed by atoms with E-state index in [-0.39, 0.29) is 5.92 Å². The van der Waals surface area contributed by atoms with Gasteiger partial charge in [0.1, 0.15) is 5.82 Å². The van der Waals surface area contributed by atoms with Crippen molar-refractivity contribution in [3.8, 4) is 11.3 Å². The molecule has 0 bridgehead atoms. The van der Waals surface area contributed by atoms with Gasteiger partial charge in [-0.3, -0.25) is 0 Å². The van der Waals surface area contributed by atoms with Crippen molar-refractivity contribution < 1.29 is 8.42 Å². The zero-order chi connectivity index (χ0) is 14.9. The van der Waals surface area contributed by atoms with Gasteiger partial charge in [-0.05, 0) is 18.4 Å². The van der Waals surface area contributed by atoms with Crippen molar-refractivity contribution in [1.82, 2.24) is 14.3 Å². The Kier molecular flexibility index (Phi) is 3.82. The highest BCUT2D eigenvalue weighted by Gasteiger charge is 2.28. The molecule has 1 fully saturated rings. The lowest BCUT2D eigenvalue weighted by molar-refractivity contribution is 0.312. The zero-order valence-corrected chi connectivity index (χ0v) is 12.8. The van der Waals surface area contributed by atoms with Crippen molar-refractivity contribution in [3.05, 3.63) is 42.4 Å². The normalized spacial score (nSPS) is 20.5. The second-order valence-electron chi connectivity index (χ2n) is 5.51. The molecule has 1 aliphatic rings. The first-order chi connectivity index (χ1) is 10.0. The summed E-state index contributed by atoms with van der Waals surface area (Å²) in [5, 5.41) is 0. The molecule has 1 aromatic heterocycles. The first-order valence-corrected chi connectivity index (χ1v) is 8.94. The van der Waals surface area contributed by atoms with Crippen LogP contribution in [0.3, 0.4) is 0 Å². The maximum Gasteiger partial charge on any atom is 0.211 e. The highest BCUT2D eigenvalue weighted by Crippen LogP contribution is 2.27. The zero-order valence-electron chi connectivity index (χ0n) is 12.0. The van der Waals surface area contributed by atoms with Gasteiger partial charge in [-0.25, -0.2) is 17.7 Å². The minimum atomic E-state index is -3.12. The van der Waals surface area contributed by atoms with Crippen LogP contribution in [0.25, 0.3) is 11.3 Å². The van der Waals surface area contributed by atoms with Crippen LogP contribution in [0.4, 0.5) is 0 Å². The summed E-state index contributed by atoms with van der Waals surface area (Å²) >= 11 is 0. The molecule has 21 heavy (non-hydrogen) atoms. The summed E-state index contributed by atoms with van der Waals surface area (Å²) < 4.78 is 24.9. The average Bonchev–Trinajstić information content (AvgIpc) is 2.97.